The molecule has 22 heavy (non-hydrogen) atoms. The number of rotatable bonds is 4. The molecule has 1 fully saturated rings. The van der Waals surface area contributed by atoms with Crippen LogP contribution in [0.15, 0.2) is 30.3 Å². The third kappa shape index (κ3) is 3.39. The van der Waals surface area contributed by atoms with Gasteiger partial charge in [0.1, 0.15) is 0 Å². The Morgan fingerprint density at radius 3 is 2.59 bits per heavy atom. The van der Waals surface area contributed by atoms with Gasteiger partial charge >= 0.3 is 0 Å². The van der Waals surface area contributed by atoms with Crippen LogP contribution < -0.4 is 15.4 Å². The lowest BCUT2D eigenvalue weighted by molar-refractivity contribution is 0.0949. The lowest BCUT2D eigenvalue weighted by Crippen LogP contribution is -2.25. The second kappa shape index (κ2) is 5.97. The van der Waals surface area contributed by atoms with Crippen LogP contribution in [0.1, 0.15) is 38.4 Å². The van der Waals surface area contributed by atoms with Crippen molar-refractivity contribution in [3.63, 3.8) is 0 Å². The van der Waals surface area contributed by atoms with Crippen LogP contribution in [0.25, 0.3) is 0 Å². The highest BCUT2D eigenvalue weighted by molar-refractivity contribution is 7.21. The molecule has 1 heterocycles. The van der Waals surface area contributed by atoms with Gasteiger partial charge in [-0.1, -0.05) is 12.1 Å². The first-order valence-corrected chi connectivity index (χ1v) is 8.14. The quantitative estimate of drug-likeness (QED) is 0.840. The first-order chi connectivity index (χ1) is 10.5. The topological polar surface area (TPSA) is 58.2 Å². The molecule has 0 aliphatic heterocycles. The van der Waals surface area contributed by atoms with E-state index in [0.717, 1.165) is 23.2 Å². The van der Waals surface area contributed by atoms with Gasteiger partial charge in [-0.15, -0.1) is 11.3 Å². The fourth-order valence-corrected chi connectivity index (χ4v) is 2.90. The minimum Gasteiger partial charge on any atom is -0.349 e. The summed E-state index contributed by atoms with van der Waals surface area (Å²) in [5.74, 6) is -0.217. The van der Waals surface area contributed by atoms with Gasteiger partial charge in [0.15, 0.2) is 7.85 Å². The van der Waals surface area contributed by atoms with E-state index in [1.807, 2.05) is 33.0 Å². The summed E-state index contributed by atoms with van der Waals surface area (Å²) in [5.41, 5.74) is 2.19. The zero-order valence-corrected chi connectivity index (χ0v) is 13.4. The summed E-state index contributed by atoms with van der Waals surface area (Å²) in [7, 11) is 1.97. The third-order valence-corrected chi connectivity index (χ3v) is 4.62. The van der Waals surface area contributed by atoms with Crippen molar-refractivity contribution in [2.24, 2.45) is 0 Å². The molecule has 2 aromatic rings. The van der Waals surface area contributed by atoms with Crippen LogP contribution in [0.2, 0.25) is 0 Å². The standard InChI is InChI=1S/C16H17BN2O2S/c1-9-2-3-10(15(20)18-11-4-5-11)8-12(9)19-16(21)13-6-7-14(17)22-13/h2-3,6-8,11H,4-5,17H2,1H3,(H,18,20)(H,19,21). The van der Waals surface area contributed by atoms with E-state index in [9.17, 15) is 9.59 Å². The molecule has 3 rings (SSSR count). The predicted molar refractivity (Wildman–Crippen MR) is 92.1 cm³/mol. The van der Waals surface area contributed by atoms with Crippen molar-refractivity contribution in [3.8, 4) is 0 Å². The molecular formula is C16H17BN2O2S. The van der Waals surface area contributed by atoms with Crippen LogP contribution in [0.4, 0.5) is 5.69 Å². The molecule has 2 amide bonds. The highest BCUT2D eigenvalue weighted by Crippen LogP contribution is 2.22. The number of aryl methyl sites for hydroxylation is 1. The fraction of sp³-hybridized carbons (Fsp3) is 0.250. The molecule has 1 aliphatic rings. The molecule has 1 aromatic carbocycles. The van der Waals surface area contributed by atoms with E-state index in [0.29, 0.717) is 22.2 Å². The Morgan fingerprint density at radius 1 is 1.18 bits per heavy atom. The molecule has 0 radical (unpaired) electrons. The molecule has 0 unspecified atom stereocenters. The Kier molecular flexibility index (Phi) is 4.03. The zero-order chi connectivity index (χ0) is 15.7. The van der Waals surface area contributed by atoms with Crippen molar-refractivity contribution in [1.82, 2.24) is 5.32 Å². The van der Waals surface area contributed by atoms with Gasteiger partial charge in [0.2, 0.25) is 0 Å². The van der Waals surface area contributed by atoms with Gasteiger partial charge in [-0.05, 0) is 48.3 Å². The Labute approximate surface area is 134 Å². The second-order valence-corrected chi connectivity index (χ2v) is 6.93. The van der Waals surface area contributed by atoms with Crippen LogP contribution in [0.3, 0.4) is 0 Å². The predicted octanol–water partition coefficient (Wildman–Crippen LogP) is 1.46. The molecule has 6 heteroatoms. The van der Waals surface area contributed by atoms with E-state index in [1.54, 1.807) is 12.1 Å². The number of carbonyl (C=O) groups is 2. The van der Waals surface area contributed by atoms with Gasteiger partial charge in [0, 0.05) is 17.3 Å². The van der Waals surface area contributed by atoms with Crippen LogP contribution >= 0.6 is 11.3 Å². The number of hydrogen-bond donors (Lipinski definition) is 2. The molecule has 0 spiro atoms. The van der Waals surface area contributed by atoms with Crippen molar-refractivity contribution >= 4 is 41.5 Å². The van der Waals surface area contributed by atoms with Crippen molar-refractivity contribution in [3.05, 3.63) is 46.3 Å². The summed E-state index contributed by atoms with van der Waals surface area (Å²) in [6.07, 6.45) is 2.11. The number of thiophene rings is 1. The monoisotopic (exact) mass is 312 g/mol. The van der Waals surface area contributed by atoms with Gasteiger partial charge in [0.25, 0.3) is 11.8 Å². The van der Waals surface area contributed by atoms with E-state index in [1.165, 1.54) is 11.3 Å². The maximum atomic E-state index is 12.2. The summed E-state index contributed by atoms with van der Waals surface area (Å²) in [5, 5.41) is 5.85. The molecule has 1 saturated carbocycles. The number of benzene rings is 1. The molecular weight excluding hydrogens is 295 g/mol. The van der Waals surface area contributed by atoms with E-state index in [-0.39, 0.29) is 11.8 Å². The lowest BCUT2D eigenvalue weighted by atomic mass is 10.1. The minimum atomic E-state index is -0.138. The summed E-state index contributed by atoms with van der Waals surface area (Å²) in [4.78, 5) is 25.0. The normalized spacial score (nSPS) is 13.7. The van der Waals surface area contributed by atoms with Crippen LogP contribution in [-0.4, -0.2) is 25.7 Å². The first kappa shape index (κ1) is 14.8. The van der Waals surface area contributed by atoms with E-state index in [2.05, 4.69) is 10.6 Å². The molecule has 112 valence electrons. The Bertz CT molecular complexity index is 737. The average molecular weight is 312 g/mol. The Balaban J connectivity index is 1.77. The molecule has 0 saturated heterocycles. The van der Waals surface area contributed by atoms with Crippen molar-refractivity contribution in [1.29, 1.82) is 0 Å². The van der Waals surface area contributed by atoms with Crippen LogP contribution in [-0.2, 0) is 0 Å². The maximum Gasteiger partial charge on any atom is 0.265 e. The van der Waals surface area contributed by atoms with Gasteiger partial charge in [0.05, 0.1) is 4.88 Å². The summed E-state index contributed by atoms with van der Waals surface area (Å²) < 4.78 is 1.10. The van der Waals surface area contributed by atoms with Gasteiger partial charge in [-0.3, -0.25) is 9.59 Å². The lowest BCUT2D eigenvalue weighted by Gasteiger charge is -2.10. The highest BCUT2D eigenvalue weighted by atomic mass is 32.1. The zero-order valence-electron chi connectivity index (χ0n) is 12.6. The molecule has 1 aliphatic carbocycles. The molecule has 1 aromatic heterocycles. The Hall–Kier alpha value is -2.08. The van der Waals surface area contributed by atoms with E-state index < -0.39 is 0 Å². The minimum absolute atomic E-state index is 0.0787. The highest BCUT2D eigenvalue weighted by Gasteiger charge is 2.24. The first-order valence-electron chi connectivity index (χ1n) is 7.32. The van der Waals surface area contributed by atoms with E-state index >= 15 is 0 Å². The average Bonchev–Trinajstić information content (AvgIpc) is 3.19. The molecule has 2 N–H and O–H groups in total. The maximum absolute atomic E-state index is 12.2. The van der Waals surface area contributed by atoms with Gasteiger partial charge < -0.3 is 10.6 Å². The number of carbonyl (C=O) groups excluding carboxylic acids is 2. The Morgan fingerprint density at radius 2 is 1.95 bits per heavy atom. The third-order valence-electron chi connectivity index (χ3n) is 3.62. The van der Waals surface area contributed by atoms with E-state index in [4.69, 9.17) is 0 Å². The van der Waals surface area contributed by atoms with Gasteiger partial charge in [-0.25, -0.2) is 0 Å². The number of hydrogen-bond acceptors (Lipinski definition) is 3. The molecule has 0 atom stereocenters. The number of anilines is 1. The summed E-state index contributed by atoms with van der Waals surface area (Å²) >= 11 is 1.46. The van der Waals surface area contributed by atoms with Gasteiger partial charge in [-0.2, -0.15) is 0 Å². The number of amides is 2. The second-order valence-electron chi connectivity index (χ2n) is 5.64. The SMILES string of the molecule is Bc1ccc(C(=O)Nc2cc(C(=O)NC3CC3)ccc2C)s1. The van der Waals surface area contributed by atoms with Crippen LogP contribution in [0.5, 0.6) is 0 Å². The molecule has 0 bridgehead atoms. The summed E-state index contributed by atoms with van der Waals surface area (Å²) in [6.45, 7) is 1.91. The fourth-order valence-electron chi connectivity index (χ4n) is 2.13. The largest absolute Gasteiger partial charge is 0.349 e. The summed E-state index contributed by atoms with van der Waals surface area (Å²) in [6, 6.07) is 9.45. The van der Waals surface area contributed by atoms with Crippen molar-refractivity contribution in [2.45, 2.75) is 25.8 Å². The molecule has 4 nitrogen and oxygen atoms in total. The van der Waals surface area contributed by atoms with Crippen molar-refractivity contribution < 1.29 is 9.59 Å². The van der Waals surface area contributed by atoms with Crippen LogP contribution in [0, 0.1) is 6.92 Å². The smallest absolute Gasteiger partial charge is 0.265 e. The van der Waals surface area contributed by atoms with Crippen molar-refractivity contribution in [2.75, 3.05) is 5.32 Å². The number of nitrogens with one attached hydrogen (secondary N) is 2.